The van der Waals surface area contributed by atoms with Gasteiger partial charge in [0.15, 0.2) is 5.75 Å². The van der Waals surface area contributed by atoms with Gasteiger partial charge in [0.25, 0.3) is 5.69 Å². The van der Waals surface area contributed by atoms with Crippen LogP contribution in [-0.4, -0.2) is 15.0 Å². The van der Waals surface area contributed by atoms with E-state index in [1.165, 1.54) is 6.07 Å². The minimum atomic E-state index is -0.825. The van der Waals surface area contributed by atoms with Gasteiger partial charge in [-0.2, -0.15) is 0 Å². The molecule has 0 aliphatic rings. The Hall–Kier alpha value is -2.22. The molecule has 0 heterocycles. The summed E-state index contributed by atoms with van der Waals surface area (Å²) >= 11 is 0. The highest BCUT2D eigenvalue weighted by molar-refractivity contribution is 5.58. The standard InChI is InChI=1S/C10H12N2O5.H3N/c1-3-6(2)8-4-7(11(14)15)5-9(10(8)13)12(16)17;/h4-6,13H,3H2,1-2H3;1H3. The zero-order chi connectivity index (χ0) is 13.2. The van der Waals surface area contributed by atoms with Crippen LogP contribution in [0, 0.1) is 20.2 Å². The minimum absolute atomic E-state index is 0. The highest BCUT2D eigenvalue weighted by Crippen LogP contribution is 2.38. The van der Waals surface area contributed by atoms with Gasteiger partial charge in [0.2, 0.25) is 0 Å². The molecule has 1 aromatic carbocycles. The lowest BCUT2D eigenvalue weighted by Crippen LogP contribution is -1.99. The molecule has 4 N–H and O–H groups in total. The van der Waals surface area contributed by atoms with Gasteiger partial charge in [-0.1, -0.05) is 13.8 Å². The normalized spacial score (nSPS) is 11.4. The Balaban J connectivity index is 0.00000289. The molecule has 1 atom stereocenters. The fourth-order valence-corrected chi connectivity index (χ4v) is 1.47. The SMILES string of the molecule is CCC(C)c1cc([N+](=O)[O-])cc([N+](=O)[O-])c1O.N. The van der Waals surface area contributed by atoms with Gasteiger partial charge >= 0.3 is 5.69 Å². The van der Waals surface area contributed by atoms with Gasteiger partial charge in [-0.15, -0.1) is 0 Å². The number of aromatic hydroxyl groups is 1. The van der Waals surface area contributed by atoms with E-state index in [-0.39, 0.29) is 23.3 Å². The van der Waals surface area contributed by atoms with E-state index in [0.29, 0.717) is 6.42 Å². The first-order valence-corrected chi connectivity index (χ1v) is 5.04. The molecule has 0 spiro atoms. The number of phenolic OH excluding ortho intramolecular Hbond substituents is 1. The molecule has 100 valence electrons. The number of non-ortho nitro benzene ring substituents is 1. The monoisotopic (exact) mass is 257 g/mol. The van der Waals surface area contributed by atoms with Crippen LogP contribution in [0.1, 0.15) is 31.7 Å². The van der Waals surface area contributed by atoms with Crippen LogP contribution in [0.25, 0.3) is 0 Å². The summed E-state index contributed by atoms with van der Waals surface area (Å²) in [4.78, 5) is 19.8. The summed E-state index contributed by atoms with van der Waals surface area (Å²) in [6.45, 7) is 3.57. The number of rotatable bonds is 4. The molecule has 0 radical (unpaired) electrons. The van der Waals surface area contributed by atoms with Crippen LogP contribution in [0.2, 0.25) is 0 Å². The summed E-state index contributed by atoms with van der Waals surface area (Å²) in [7, 11) is 0. The van der Waals surface area contributed by atoms with Crippen molar-refractivity contribution >= 4 is 11.4 Å². The summed E-state index contributed by atoms with van der Waals surface area (Å²) in [5.41, 5.74) is -0.785. The third kappa shape index (κ3) is 2.92. The van der Waals surface area contributed by atoms with Gasteiger partial charge in [0.05, 0.1) is 15.9 Å². The molecule has 0 fully saturated rings. The average Bonchev–Trinajstić information content (AvgIpc) is 2.27. The first kappa shape index (κ1) is 15.8. The number of nitro benzene ring substituents is 2. The van der Waals surface area contributed by atoms with Crippen molar-refractivity contribution in [3.8, 4) is 5.75 Å². The Kier molecular flexibility index (Phi) is 5.19. The van der Waals surface area contributed by atoms with Crippen molar-refractivity contribution in [2.45, 2.75) is 26.2 Å². The molecule has 1 unspecified atom stereocenters. The van der Waals surface area contributed by atoms with E-state index < -0.39 is 21.3 Å². The molecule has 1 aromatic rings. The lowest BCUT2D eigenvalue weighted by Gasteiger charge is -2.10. The van der Waals surface area contributed by atoms with Gasteiger partial charge in [-0.05, 0) is 12.3 Å². The van der Waals surface area contributed by atoms with Crippen LogP contribution in [0.5, 0.6) is 5.75 Å². The first-order chi connectivity index (χ1) is 7.88. The molecule has 0 aliphatic heterocycles. The molecule has 0 bridgehead atoms. The zero-order valence-electron chi connectivity index (χ0n) is 10.1. The molecule has 0 aliphatic carbocycles. The fraction of sp³-hybridized carbons (Fsp3) is 0.400. The van der Waals surface area contributed by atoms with Gasteiger partial charge < -0.3 is 11.3 Å². The lowest BCUT2D eigenvalue weighted by molar-refractivity contribution is -0.394. The van der Waals surface area contributed by atoms with Crippen LogP contribution >= 0.6 is 0 Å². The average molecular weight is 257 g/mol. The van der Waals surface area contributed by atoms with Crippen molar-refractivity contribution in [1.82, 2.24) is 6.15 Å². The Morgan fingerprint density at radius 2 is 1.83 bits per heavy atom. The van der Waals surface area contributed by atoms with Crippen LogP contribution in [0.4, 0.5) is 11.4 Å². The van der Waals surface area contributed by atoms with Crippen molar-refractivity contribution in [1.29, 1.82) is 0 Å². The maximum Gasteiger partial charge on any atom is 0.317 e. The third-order valence-electron chi connectivity index (χ3n) is 2.65. The Labute approximate surface area is 103 Å². The predicted octanol–water partition coefficient (Wildman–Crippen LogP) is 2.88. The maximum absolute atomic E-state index is 10.7. The Bertz CT molecular complexity index is 475. The second-order valence-electron chi connectivity index (χ2n) is 3.73. The third-order valence-corrected chi connectivity index (χ3v) is 2.65. The first-order valence-electron chi connectivity index (χ1n) is 5.04. The van der Waals surface area contributed by atoms with Crippen molar-refractivity contribution in [2.24, 2.45) is 0 Å². The van der Waals surface area contributed by atoms with E-state index in [0.717, 1.165) is 6.07 Å². The summed E-state index contributed by atoms with van der Waals surface area (Å²) in [6.07, 6.45) is 0.617. The van der Waals surface area contributed by atoms with E-state index in [9.17, 15) is 25.3 Å². The lowest BCUT2D eigenvalue weighted by atomic mass is 9.96. The van der Waals surface area contributed by atoms with E-state index in [4.69, 9.17) is 0 Å². The topological polar surface area (TPSA) is 142 Å². The highest BCUT2D eigenvalue weighted by Gasteiger charge is 2.25. The van der Waals surface area contributed by atoms with Crippen LogP contribution < -0.4 is 6.15 Å². The summed E-state index contributed by atoms with van der Waals surface area (Å²) in [5, 5.41) is 31.0. The molecule has 1 rings (SSSR count). The molecule has 8 heteroatoms. The zero-order valence-corrected chi connectivity index (χ0v) is 10.1. The molecule has 0 saturated heterocycles. The van der Waals surface area contributed by atoms with E-state index in [1.54, 1.807) is 6.92 Å². The van der Waals surface area contributed by atoms with Crippen molar-refractivity contribution < 1.29 is 15.0 Å². The second-order valence-corrected chi connectivity index (χ2v) is 3.73. The minimum Gasteiger partial charge on any atom is -0.502 e. The second kappa shape index (κ2) is 5.92. The largest absolute Gasteiger partial charge is 0.502 e. The quantitative estimate of drug-likeness (QED) is 0.627. The number of nitro groups is 2. The molecule has 8 nitrogen and oxygen atoms in total. The van der Waals surface area contributed by atoms with Gasteiger partial charge in [0.1, 0.15) is 0 Å². The summed E-state index contributed by atoms with van der Waals surface area (Å²) < 4.78 is 0. The van der Waals surface area contributed by atoms with Crippen LogP contribution in [0.3, 0.4) is 0 Å². The Morgan fingerprint density at radius 3 is 2.22 bits per heavy atom. The molecular weight excluding hydrogens is 242 g/mol. The van der Waals surface area contributed by atoms with Crippen molar-refractivity contribution in [3.05, 3.63) is 37.9 Å². The maximum atomic E-state index is 10.7. The van der Waals surface area contributed by atoms with E-state index in [2.05, 4.69) is 0 Å². The molecule has 0 saturated carbocycles. The number of phenols is 1. The van der Waals surface area contributed by atoms with Crippen LogP contribution in [0.15, 0.2) is 12.1 Å². The van der Waals surface area contributed by atoms with Gasteiger partial charge in [-0.3, -0.25) is 20.2 Å². The number of nitrogens with zero attached hydrogens (tertiary/aromatic N) is 2. The molecular formula is C10H15N3O5. The Morgan fingerprint density at radius 1 is 1.28 bits per heavy atom. The van der Waals surface area contributed by atoms with Gasteiger partial charge in [0, 0.05) is 11.6 Å². The number of benzene rings is 1. The smallest absolute Gasteiger partial charge is 0.317 e. The van der Waals surface area contributed by atoms with Crippen LogP contribution in [-0.2, 0) is 0 Å². The van der Waals surface area contributed by atoms with Gasteiger partial charge in [-0.25, -0.2) is 0 Å². The number of hydrogen-bond acceptors (Lipinski definition) is 6. The van der Waals surface area contributed by atoms with E-state index in [1.807, 2.05) is 6.92 Å². The molecule has 0 aromatic heterocycles. The van der Waals surface area contributed by atoms with E-state index >= 15 is 0 Å². The molecule has 18 heavy (non-hydrogen) atoms. The van der Waals surface area contributed by atoms with Crippen molar-refractivity contribution in [2.75, 3.05) is 0 Å². The summed E-state index contributed by atoms with van der Waals surface area (Å²) in [6, 6.07) is 1.94. The highest BCUT2D eigenvalue weighted by atomic mass is 16.6. The molecule has 0 amide bonds. The summed E-state index contributed by atoms with van der Waals surface area (Å²) in [5.74, 6) is -0.677. The van der Waals surface area contributed by atoms with Crippen molar-refractivity contribution in [3.63, 3.8) is 0 Å². The number of hydrogen-bond donors (Lipinski definition) is 2. The fourth-order valence-electron chi connectivity index (χ4n) is 1.47. The predicted molar refractivity (Wildman–Crippen MR) is 65.1 cm³/mol.